The highest BCUT2D eigenvalue weighted by Gasteiger charge is 2.27. The van der Waals surface area contributed by atoms with Gasteiger partial charge in [-0.2, -0.15) is 0 Å². The van der Waals surface area contributed by atoms with Crippen LogP contribution in [0.15, 0.2) is 103 Å². The molecule has 2 N–H and O–H groups in total. The number of para-hydroxylation sites is 1. The van der Waals surface area contributed by atoms with E-state index in [0.717, 1.165) is 29.8 Å². The summed E-state index contributed by atoms with van der Waals surface area (Å²) >= 11 is 1.82. The molecule has 5 aromatic rings. The van der Waals surface area contributed by atoms with Crippen LogP contribution in [0, 0.1) is 5.82 Å². The van der Waals surface area contributed by atoms with Crippen molar-refractivity contribution in [2.45, 2.75) is 31.8 Å². The number of amides is 2. The van der Waals surface area contributed by atoms with E-state index < -0.39 is 0 Å². The molecule has 2 heterocycles. The minimum absolute atomic E-state index is 0.0715. The quantitative estimate of drug-likeness (QED) is 0.203. The molecule has 0 bridgehead atoms. The summed E-state index contributed by atoms with van der Waals surface area (Å²) in [5.74, 6) is -0.679. The van der Waals surface area contributed by atoms with Gasteiger partial charge in [0, 0.05) is 51.3 Å². The molecule has 2 aliphatic rings. The van der Waals surface area contributed by atoms with Gasteiger partial charge in [-0.05, 0) is 90.6 Å². The van der Waals surface area contributed by atoms with Crippen molar-refractivity contribution in [1.29, 1.82) is 0 Å². The van der Waals surface area contributed by atoms with E-state index in [-0.39, 0.29) is 17.6 Å². The van der Waals surface area contributed by atoms with Crippen molar-refractivity contribution in [2.75, 3.05) is 16.8 Å². The van der Waals surface area contributed by atoms with Crippen LogP contribution in [-0.2, 0) is 13.0 Å². The van der Waals surface area contributed by atoms with Crippen LogP contribution < -0.4 is 15.5 Å². The van der Waals surface area contributed by atoms with Gasteiger partial charge >= 0.3 is 0 Å². The first-order valence-electron chi connectivity index (χ1n) is 14.6. The maximum Gasteiger partial charge on any atom is 0.258 e. The smallest absolute Gasteiger partial charge is 0.258 e. The number of nitrogens with one attached hydrogen (secondary N) is 2. The van der Waals surface area contributed by atoms with Crippen molar-refractivity contribution >= 4 is 34.5 Å². The molecule has 214 valence electrons. The van der Waals surface area contributed by atoms with E-state index >= 15 is 0 Å². The van der Waals surface area contributed by atoms with Gasteiger partial charge in [-0.15, -0.1) is 11.3 Å². The lowest BCUT2D eigenvalue weighted by Gasteiger charge is -2.23. The van der Waals surface area contributed by atoms with Crippen molar-refractivity contribution in [3.05, 3.63) is 131 Å². The van der Waals surface area contributed by atoms with Crippen LogP contribution >= 0.6 is 11.3 Å². The SMILES string of the molecule is O=C(Nc1ccc(C(=O)N2CCc3cc(CNC4CC4)sc3-c3ccccc32)cc1)c1ccccc1-c1ccc(F)cc1. The van der Waals surface area contributed by atoms with E-state index in [4.69, 9.17) is 0 Å². The van der Waals surface area contributed by atoms with E-state index in [1.54, 1.807) is 48.5 Å². The van der Waals surface area contributed by atoms with Gasteiger partial charge in [0.25, 0.3) is 11.8 Å². The Hall–Kier alpha value is -4.59. The van der Waals surface area contributed by atoms with Gasteiger partial charge in [0.2, 0.25) is 0 Å². The monoisotopic (exact) mass is 587 g/mol. The standard InChI is InChI=1S/C36H30FN3O2S/c37-26-13-9-23(10-14-26)30-5-1-2-6-31(30)35(41)39-28-15-11-24(12-16-28)36(42)40-20-19-25-21-29(22-38-27-17-18-27)43-34(25)32-7-3-4-8-33(32)40/h1-16,21,27,38H,17-20,22H2,(H,39,41). The highest BCUT2D eigenvalue weighted by Crippen LogP contribution is 2.42. The lowest BCUT2D eigenvalue weighted by Crippen LogP contribution is -2.32. The van der Waals surface area contributed by atoms with Crippen molar-refractivity contribution in [2.24, 2.45) is 0 Å². The number of fused-ring (bicyclic) bond motifs is 3. The third kappa shape index (κ3) is 5.74. The lowest BCUT2D eigenvalue weighted by molar-refractivity contribution is 0.0986. The summed E-state index contributed by atoms with van der Waals surface area (Å²) in [7, 11) is 0. The van der Waals surface area contributed by atoms with Crippen LogP contribution in [0.1, 0.15) is 44.0 Å². The topological polar surface area (TPSA) is 61.4 Å². The molecule has 2 amide bonds. The maximum absolute atomic E-state index is 13.8. The summed E-state index contributed by atoms with van der Waals surface area (Å²) in [6.45, 7) is 1.49. The Bertz CT molecular complexity index is 1810. The second-order valence-corrected chi connectivity index (χ2v) is 12.2. The van der Waals surface area contributed by atoms with E-state index in [0.29, 0.717) is 35.0 Å². The van der Waals surface area contributed by atoms with Crippen LogP contribution in [0.5, 0.6) is 0 Å². The normalized spacial score (nSPS) is 14.0. The molecule has 0 spiro atoms. The van der Waals surface area contributed by atoms with E-state index in [2.05, 4.69) is 22.8 Å². The fourth-order valence-electron chi connectivity index (χ4n) is 5.60. The Labute approximate surface area is 254 Å². The Morgan fingerprint density at radius 2 is 1.58 bits per heavy atom. The van der Waals surface area contributed by atoms with Gasteiger partial charge in [-0.3, -0.25) is 9.59 Å². The molecule has 1 aliphatic heterocycles. The van der Waals surface area contributed by atoms with E-state index in [1.807, 2.05) is 46.6 Å². The number of carbonyl (C=O) groups is 2. The molecule has 0 radical (unpaired) electrons. The number of nitrogens with zero attached hydrogens (tertiary/aromatic N) is 1. The third-order valence-corrected chi connectivity index (χ3v) is 9.22. The van der Waals surface area contributed by atoms with Crippen LogP contribution in [0.25, 0.3) is 21.6 Å². The van der Waals surface area contributed by atoms with E-state index in [9.17, 15) is 14.0 Å². The van der Waals surface area contributed by atoms with Crippen LogP contribution in [0.3, 0.4) is 0 Å². The summed E-state index contributed by atoms with van der Waals surface area (Å²) in [5.41, 5.74) is 6.39. The summed E-state index contributed by atoms with van der Waals surface area (Å²) in [6.07, 6.45) is 3.32. The molecule has 1 saturated carbocycles. The van der Waals surface area contributed by atoms with Crippen LogP contribution in [-0.4, -0.2) is 24.4 Å². The van der Waals surface area contributed by atoms with Gasteiger partial charge in [-0.25, -0.2) is 4.39 Å². The number of anilines is 2. The molecule has 43 heavy (non-hydrogen) atoms. The van der Waals surface area contributed by atoms with Gasteiger partial charge in [0.1, 0.15) is 5.82 Å². The highest BCUT2D eigenvalue weighted by molar-refractivity contribution is 7.15. The molecule has 0 saturated heterocycles. The van der Waals surface area contributed by atoms with Crippen LogP contribution in [0.4, 0.5) is 15.8 Å². The van der Waals surface area contributed by atoms with Crippen molar-refractivity contribution < 1.29 is 14.0 Å². The number of thiophene rings is 1. The first kappa shape index (κ1) is 27.3. The highest BCUT2D eigenvalue weighted by atomic mass is 32.1. The molecule has 1 fully saturated rings. The first-order chi connectivity index (χ1) is 21.0. The maximum atomic E-state index is 13.8. The van der Waals surface area contributed by atoms with Crippen LogP contribution in [0.2, 0.25) is 0 Å². The largest absolute Gasteiger partial charge is 0.322 e. The summed E-state index contributed by atoms with van der Waals surface area (Å²) in [4.78, 5) is 31.5. The number of benzene rings is 4. The summed E-state index contributed by atoms with van der Waals surface area (Å²) < 4.78 is 13.5. The van der Waals surface area contributed by atoms with Gasteiger partial charge in [-0.1, -0.05) is 48.5 Å². The third-order valence-electron chi connectivity index (χ3n) is 8.01. The predicted octanol–water partition coefficient (Wildman–Crippen LogP) is 7.93. The zero-order chi connectivity index (χ0) is 29.3. The number of carbonyl (C=O) groups excluding carboxylic acids is 2. The second kappa shape index (κ2) is 11.6. The van der Waals surface area contributed by atoms with Crippen molar-refractivity contribution in [1.82, 2.24) is 5.32 Å². The fraction of sp³-hybridized carbons (Fsp3) is 0.167. The van der Waals surface area contributed by atoms with Crippen molar-refractivity contribution in [3.63, 3.8) is 0 Å². The molecular formula is C36H30FN3O2S. The second-order valence-electron chi connectivity index (χ2n) is 11.0. The number of rotatable bonds is 7. The molecule has 5 nitrogen and oxygen atoms in total. The predicted molar refractivity (Wildman–Crippen MR) is 171 cm³/mol. The molecule has 7 heteroatoms. The lowest BCUT2D eigenvalue weighted by atomic mass is 9.99. The fourth-order valence-corrected chi connectivity index (χ4v) is 6.79. The van der Waals surface area contributed by atoms with Gasteiger partial charge < -0.3 is 15.5 Å². The minimum atomic E-state index is -0.328. The summed E-state index contributed by atoms with van der Waals surface area (Å²) in [6, 6.07) is 31.5. The number of hydrogen-bond donors (Lipinski definition) is 2. The zero-order valence-electron chi connectivity index (χ0n) is 23.5. The molecule has 0 atom stereocenters. The van der Waals surface area contributed by atoms with E-state index in [1.165, 1.54) is 40.3 Å². The Kier molecular flexibility index (Phi) is 7.35. The first-order valence-corrected chi connectivity index (χ1v) is 15.4. The molecular weight excluding hydrogens is 557 g/mol. The molecule has 1 aromatic heterocycles. The Balaban J connectivity index is 1.08. The molecule has 4 aromatic carbocycles. The van der Waals surface area contributed by atoms with Gasteiger partial charge in [0.15, 0.2) is 0 Å². The Morgan fingerprint density at radius 3 is 2.35 bits per heavy atom. The average molecular weight is 588 g/mol. The zero-order valence-corrected chi connectivity index (χ0v) is 24.3. The average Bonchev–Trinajstić information content (AvgIpc) is 3.81. The van der Waals surface area contributed by atoms with Crippen molar-refractivity contribution in [3.8, 4) is 21.6 Å². The van der Waals surface area contributed by atoms with Gasteiger partial charge in [0.05, 0.1) is 5.69 Å². The molecule has 1 aliphatic carbocycles. The molecule has 7 rings (SSSR count). The Morgan fingerprint density at radius 1 is 0.860 bits per heavy atom. The number of hydrogen-bond acceptors (Lipinski definition) is 4. The summed E-state index contributed by atoms with van der Waals surface area (Å²) in [5, 5.41) is 6.56. The molecule has 0 unspecified atom stereocenters. The number of halogens is 1. The minimum Gasteiger partial charge on any atom is -0.322 e.